The second-order valence-electron chi connectivity index (χ2n) is 6.35. The second-order valence-corrected chi connectivity index (χ2v) is 6.35. The van der Waals surface area contributed by atoms with Crippen molar-refractivity contribution in [3.05, 3.63) is 18.2 Å². The molecule has 124 valence electrons. The monoisotopic (exact) mass is 316 g/mol. The van der Waals surface area contributed by atoms with Gasteiger partial charge in [-0.05, 0) is 56.5 Å². The van der Waals surface area contributed by atoms with E-state index in [4.69, 9.17) is 4.42 Å². The van der Waals surface area contributed by atoms with Crippen LogP contribution >= 0.6 is 0 Å². The summed E-state index contributed by atoms with van der Waals surface area (Å²) in [5.41, 5.74) is 2.25. The van der Waals surface area contributed by atoms with E-state index in [0.29, 0.717) is 18.4 Å². The summed E-state index contributed by atoms with van der Waals surface area (Å²) in [6.45, 7) is 2.15. The topological polar surface area (TPSA) is 70.4 Å². The van der Waals surface area contributed by atoms with E-state index in [1.165, 1.54) is 12.8 Å². The first-order chi connectivity index (χ1) is 11.1. The summed E-state index contributed by atoms with van der Waals surface area (Å²) in [5.74, 6) is 0.738. The maximum atomic E-state index is 12.1. The Kier molecular flexibility index (Phi) is 4.81. The van der Waals surface area contributed by atoms with Crippen LogP contribution in [0.4, 0.5) is 11.7 Å². The number of fused-ring (bicyclic) bond motifs is 1. The number of carbonyl (C=O) groups is 1. The quantitative estimate of drug-likeness (QED) is 0.887. The Morgan fingerprint density at radius 3 is 2.91 bits per heavy atom. The van der Waals surface area contributed by atoms with Crippen molar-refractivity contribution in [2.75, 3.05) is 37.4 Å². The average Bonchev–Trinajstić information content (AvgIpc) is 2.97. The molecular weight excluding hydrogens is 292 g/mol. The number of hydrogen-bond donors (Lipinski definition) is 2. The fourth-order valence-electron chi connectivity index (χ4n) is 2.91. The molecule has 1 aliphatic rings. The van der Waals surface area contributed by atoms with Gasteiger partial charge in [-0.25, -0.2) is 0 Å². The molecule has 0 radical (unpaired) electrons. The first-order valence-electron chi connectivity index (χ1n) is 8.20. The highest BCUT2D eigenvalue weighted by Gasteiger charge is 2.15. The molecule has 0 saturated carbocycles. The van der Waals surface area contributed by atoms with Crippen molar-refractivity contribution in [1.82, 2.24) is 10.3 Å². The largest absolute Gasteiger partial charge is 0.423 e. The maximum Gasteiger partial charge on any atom is 0.297 e. The third-order valence-electron chi connectivity index (χ3n) is 4.28. The maximum absolute atomic E-state index is 12.1. The molecule has 1 amide bonds. The van der Waals surface area contributed by atoms with Gasteiger partial charge in [0, 0.05) is 26.2 Å². The lowest BCUT2D eigenvalue weighted by atomic mass is 9.93. The van der Waals surface area contributed by atoms with E-state index in [-0.39, 0.29) is 5.91 Å². The van der Waals surface area contributed by atoms with Gasteiger partial charge in [0.15, 0.2) is 5.58 Å². The minimum Gasteiger partial charge on any atom is -0.423 e. The van der Waals surface area contributed by atoms with Crippen LogP contribution in [0.3, 0.4) is 0 Å². The van der Waals surface area contributed by atoms with E-state index < -0.39 is 0 Å². The summed E-state index contributed by atoms with van der Waals surface area (Å²) in [4.78, 5) is 18.3. The summed E-state index contributed by atoms with van der Waals surface area (Å²) < 4.78 is 5.61. The highest BCUT2D eigenvalue weighted by Crippen LogP contribution is 2.24. The molecule has 3 rings (SSSR count). The highest BCUT2D eigenvalue weighted by atomic mass is 16.4. The van der Waals surface area contributed by atoms with Crippen LogP contribution in [0, 0.1) is 5.92 Å². The van der Waals surface area contributed by atoms with Gasteiger partial charge in [0.25, 0.3) is 6.01 Å². The SMILES string of the molecule is CN(C)c1nc2cc(NC(=O)CCC3CCNCC3)ccc2o1. The number of amides is 1. The Balaban J connectivity index is 1.58. The lowest BCUT2D eigenvalue weighted by Gasteiger charge is -2.22. The van der Waals surface area contributed by atoms with Gasteiger partial charge in [-0.2, -0.15) is 4.98 Å². The molecule has 1 saturated heterocycles. The van der Waals surface area contributed by atoms with Crippen molar-refractivity contribution in [3.8, 4) is 0 Å². The molecule has 1 fully saturated rings. The number of aromatic nitrogens is 1. The Morgan fingerprint density at radius 2 is 2.17 bits per heavy atom. The van der Waals surface area contributed by atoms with Crippen LogP contribution in [-0.4, -0.2) is 38.1 Å². The Hall–Kier alpha value is -2.08. The van der Waals surface area contributed by atoms with Gasteiger partial charge >= 0.3 is 0 Å². The van der Waals surface area contributed by atoms with Crippen molar-refractivity contribution >= 4 is 28.7 Å². The van der Waals surface area contributed by atoms with Crippen LogP contribution in [-0.2, 0) is 4.79 Å². The van der Waals surface area contributed by atoms with E-state index in [9.17, 15) is 4.79 Å². The van der Waals surface area contributed by atoms with Crippen molar-refractivity contribution in [2.45, 2.75) is 25.7 Å². The molecule has 0 atom stereocenters. The molecule has 23 heavy (non-hydrogen) atoms. The predicted molar refractivity (Wildman–Crippen MR) is 91.8 cm³/mol. The number of carbonyl (C=O) groups excluding carboxylic acids is 1. The molecule has 0 unspecified atom stereocenters. The summed E-state index contributed by atoms with van der Waals surface area (Å²) in [6.07, 6.45) is 3.88. The van der Waals surface area contributed by atoms with E-state index in [0.717, 1.165) is 36.3 Å². The normalized spacial score (nSPS) is 15.7. The summed E-state index contributed by atoms with van der Waals surface area (Å²) in [5, 5.41) is 6.31. The zero-order chi connectivity index (χ0) is 16.2. The summed E-state index contributed by atoms with van der Waals surface area (Å²) >= 11 is 0. The number of benzene rings is 1. The average molecular weight is 316 g/mol. The molecule has 6 nitrogen and oxygen atoms in total. The number of nitrogens with one attached hydrogen (secondary N) is 2. The predicted octanol–water partition coefficient (Wildman–Crippen LogP) is 2.61. The summed E-state index contributed by atoms with van der Waals surface area (Å²) in [7, 11) is 3.77. The Morgan fingerprint density at radius 1 is 1.39 bits per heavy atom. The van der Waals surface area contributed by atoms with Gasteiger partial charge < -0.3 is 20.0 Å². The van der Waals surface area contributed by atoms with Gasteiger partial charge in [-0.15, -0.1) is 0 Å². The van der Waals surface area contributed by atoms with E-state index in [1.54, 1.807) is 0 Å². The molecule has 6 heteroatoms. The number of nitrogens with zero attached hydrogens (tertiary/aromatic N) is 2. The number of piperidine rings is 1. The molecule has 2 aromatic rings. The third kappa shape index (κ3) is 4.01. The van der Waals surface area contributed by atoms with Crippen molar-refractivity contribution in [2.24, 2.45) is 5.92 Å². The van der Waals surface area contributed by atoms with E-state index in [2.05, 4.69) is 15.6 Å². The number of rotatable bonds is 5. The summed E-state index contributed by atoms with van der Waals surface area (Å²) in [6, 6.07) is 6.12. The Labute approximate surface area is 136 Å². The van der Waals surface area contributed by atoms with Crippen molar-refractivity contribution < 1.29 is 9.21 Å². The molecule has 2 N–H and O–H groups in total. The van der Waals surface area contributed by atoms with Crippen molar-refractivity contribution in [3.63, 3.8) is 0 Å². The molecular formula is C17H24N4O2. The van der Waals surface area contributed by atoms with E-state index >= 15 is 0 Å². The second kappa shape index (κ2) is 7.00. The molecule has 2 heterocycles. The van der Waals surface area contributed by atoms with Crippen LogP contribution in [0.25, 0.3) is 11.1 Å². The van der Waals surface area contributed by atoms with Crippen LogP contribution in [0.15, 0.2) is 22.6 Å². The zero-order valence-corrected chi connectivity index (χ0v) is 13.8. The standard InChI is InChI=1S/C17H24N4O2/c1-21(2)17-20-14-11-13(4-5-15(14)23-17)19-16(22)6-3-12-7-9-18-10-8-12/h4-5,11-12,18H,3,6-10H2,1-2H3,(H,19,22). The number of hydrogen-bond acceptors (Lipinski definition) is 5. The molecule has 1 aromatic heterocycles. The van der Waals surface area contributed by atoms with Gasteiger partial charge in [0.05, 0.1) is 0 Å². The smallest absolute Gasteiger partial charge is 0.297 e. The highest BCUT2D eigenvalue weighted by molar-refractivity contribution is 5.92. The van der Waals surface area contributed by atoms with Gasteiger partial charge in [0.2, 0.25) is 5.91 Å². The zero-order valence-electron chi connectivity index (χ0n) is 13.8. The van der Waals surface area contributed by atoms with Gasteiger partial charge in [0.1, 0.15) is 5.52 Å². The van der Waals surface area contributed by atoms with Crippen molar-refractivity contribution in [1.29, 1.82) is 0 Å². The molecule has 0 bridgehead atoms. The molecule has 0 aliphatic carbocycles. The van der Waals surface area contributed by atoms with E-state index in [1.807, 2.05) is 37.2 Å². The van der Waals surface area contributed by atoms with Gasteiger partial charge in [-0.1, -0.05) is 0 Å². The van der Waals surface area contributed by atoms with Crippen LogP contribution < -0.4 is 15.5 Å². The fraction of sp³-hybridized carbons (Fsp3) is 0.529. The first-order valence-corrected chi connectivity index (χ1v) is 8.20. The molecule has 1 aliphatic heterocycles. The minimum atomic E-state index is 0.0687. The fourth-order valence-corrected chi connectivity index (χ4v) is 2.91. The minimum absolute atomic E-state index is 0.0687. The molecule has 0 spiro atoms. The number of oxazole rings is 1. The molecule has 1 aromatic carbocycles. The van der Waals surface area contributed by atoms with Crippen LogP contribution in [0.2, 0.25) is 0 Å². The van der Waals surface area contributed by atoms with Crippen LogP contribution in [0.5, 0.6) is 0 Å². The first kappa shape index (κ1) is 15.8. The lowest BCUT2D eigenvalue weighted by molar-refractivity contribution is -0.116. The van der Waals surface area contributed by atoms with Crippen LogP contribution in [0.1, 0.15) is 25.7 Å². The number of anilines is 2. The van der Waals surface area contributed by atoms with Gasteiger partial charge in [-0.3, -0.25) is 4.79 Å². The Bertz CT molecular complexity index is 674. The lowest BCUT2D eigenvalue weighted by Crippen LogP contribution is -2.28. The third-order valence-corrected chi connectivity index (χ3v) is 4.28.